The fourth-order valence-corrected chi connectivity index (χ4v) is 3.46. The lowest BCUT2D eigenvalue weighted by Gasteiger charge is -2.22. The molecule has 0 aliphatic carbocycles. The predicted molar refractivity (Wildman–Crippen MR) is 69.7 cm³/mol. The summed E-state index contributed by atoms with van der Waals surface area (Å²) in [5.74, 6) is 0.124. The summed E-state index contributed by atoms with van der Waals surface area (Å²) in [6.45, 7) is 4.37. The molecule has 0 saturated carbocycles. The number of likely N-dealkylation sites (tertiary alicyclic amines) is 1. The molecule has 1 atom stereocenters. The zero-order chi connectivity index (χ0) is 11.8. The molecular formula is C11H15BrN2OS. The van der Waals surface area contributed by atoms with E-state index in [2.05, 4.69) is 22.9 Å². The minimum Gasteiger partial charge on any atom is -0.337 e. The highest BCUT2D eigenvalue weighted by molar-refractivity contribution is 9.10. The summed E-state index contributed by atoms with van der Waals surface area (Å²) in [6, 6.07) is 1.91. The SMILES string of the molecule is CC1(CN)CCN(C(=O)c2sccc2Br)C1. The molecule has 1 aromatic rings. The highest BCUT2D eigenvalue weighted by atomic mass is 79.9. The Kier molecular flexibility index (Phi) is 3.37. The molecule has 88 valence electrons. The molecule has 2 heterocycles. The first-order valence-electron chi connectivity index (χ1n) is 5.28. The molecule has 0 bridgehead atoms. The molecule has 1 amide bonds. The number of thiophene rings is 1. The molecule has 2 rings (SSSR count). The van der Waals surface area contributed by atoms with Crippen LogP contribution in [0.25, 0.3) is 0 Å². The average Bonchev–Trinajstić information content (AvgIpc) is 2.85. The molecule has 1 fully saturated rings. The maximum atomic E-state index is 12.2. The third kappa shape index (κ3) is 2.17. The third-order valence-electron chi connectivity index (χ3n) is 3.15. The van der Waals surface area contributed by atoms with Gasteiger partial charge in [0.25, 0.3) is 5.91 Å². The van der Waals surface area contributed by atoms with E-state index in [-0.39, 0.29) is 11.3 Å². The van der Waals surface area contributed by atoms with Crippen molar-refractivity contribution < 1.29 is 4.79 Å². The van der Waals surface area contributed by atoms with Crippen LogP contribution in [-0.4, -0.2) is 30.4 Å². The zero-order valence-corrected chi connectivity index (χ0v) is 11.6. The summed E-state index contributed by atoms with van der Waals surface area (Å²) in [5.41, 5.74) is 5.83. The maximum absolute atomic E-state index is 12.2. The van der Waals surface area contributed by atoms with Crippen molar-refractivity contribution in [1.29, 1.82) is 0 Å². The Morgan fingerprint density at radius 3 is 3.00 bits per heavy atom. The van der Waals surface area contributed by atoms with Gasteiger partial charge in [0, 0.05) is 17.6 Å². The lowest BCUT2D eigenvalue weighted by molar-refractivity contribution is 0.0781. The van der Waals surface area contributed by atoms with Gasteiger partial charge in [-0.1, -0.05) is 6.92 Å². The van der Waals surface area contributed by atoms with Gasteiger partial charge >= 0.3 is 0 Å². The number of nitrogens with zero attached hydrogens (tertiary/aromatic N) is 1. The molecule has 1 aromatic heterocycles. The van der Waals surface area contributed by atoms with E-state index in [1.165, 1.54) is 11.3 Å². The Morgan fingerprint density at radius 2 is 2.50 bits per heavy atom. The van der Waals surface area contributed by atoms with Crippen molar-refractivity contribution in [2.45, 2.75) is 13.3 Å². The van der Waals surface area contributed by atoms with E-state index in [0.717, 1.165) is 28.9 Å². The van der Waals surface area contributed by atoms with Gasteiger partial charge in [-0.05, 0) is 45.8 Å². The third-order valence-corrected chi connectivity index (χ3v) is 4.97. The van der Waals surface area contributed by atoms with Gasteiger partial charge in [-0.15, -0.1) is 11.3 Å². The summed E-state index contributed by atoms with van der Waals surface area (Å²) in [6.07, 6.45) is 0.998. The van der Waals surface area contributed by atoms with Crippen LogP contribution in [0, 0.1) is 5.41 Å². The van der Waals surface area contributed by atoms with Gasteiger partial charge in [0.15, 0.2) is 0 Å². The van der Waals surface area contributed by atoms with Gasteiger partial charge in [-0.2, -0.15) is 0 Å². The first kappa shape index (κ1) is 12.1. The molecule has 1 aliphatic rings. The summed E-state index contributed by atoms with van der Waals surface area (Å²) >= 11 is 4.88. The Balaban J connectivity index is 2.11. The molecule has 16 heavy (non-hydrogen) atoms. The summed E-state index contributed by atoms with van der Waals surface area (Å²) in [7, 11) is 0. The fraction of sp³-hybridized carbons (Fsp3) is 0.545. The molecule has 1 unspecified atom stereocenters. The Hall–Kier alpha value is -0.390. The topological polar surface area (TPSA) is 46.3 Å². The first-order valence-corrected chi connectivity index (χ1v) is 6.95. The molecule has 2 N–H and O–H groups in total. The molecule has 3 nitrogen and oxygen atoms in total. The summed E-state index contributed by atoms with van der Waals surface area (Å²) in [5, 5.41) is 1.93. The number of rotatable bonds is 2. The standard InChI is InChI=1S/C11H15BrN2OS/c1-11(6-13)3-4-14(7-11)10(15)9-8(12)2-5-16-9/h2,5H,3-4,6-7,13H2,1H3. The first-order chi connectivity index (χ1) is 7.56. The Morgan fingerprint density at radius 1 is 1.75 bits per heavy atom. The normalized spacial score (nSPS) is 25.1. The molecule has 1 saturated heterocycles. The number of halogens is 1. The van der Waals surface area contributed by atoms with E-state index in [4.69, 9.17) is 5.73 Å². The Bertz CT molecular complexity index is 406. The van der Waals surface area contributed by atoms with Crippen LogP contribution in [0.2, 0.25) is 0 Å². The largest absolute Gasteiger partial charge is 0.337 e. The van der Waals surface area contributed by atoms with Crippen LogP contribution in [0.4, 0.5) is 0 Å². The van der Waals surface area contributed by atoms with Gasteiger partial charge < -0.3 is 10.6 Å². The van der Waals surface area contributed by atoms with Gasteiger partial charge in [0.1, 0.15) is 4.88 Å². The monoisotopic (exact) mass is 302 g/mol. The van der Waals surface area contributed by atoms with E-state index in [1.54, 1.807) is 0 Å². The van der Waals surface area contributed by atoms with Crippen LogP contribution in [0.1, 0.15) is 23.0 Å². The quantitative estimate of drug-likeness (QED) is 0.911. The average molecular weight is 303 g/mol. The second kappa shape index (κ2) is 4.47. The minimum atomic E-state index is 0.0966. The van der Waals surface area contributed by atoms with Crippen LogP contribution in [0.15, 0.2) is 15.9 Å². The molecule has 0 spiro atoms. The number of amides is 1. The zero-order valence-electron chi connectivity index (χ0n) is 9.20. The van der Waals surface area contributed by atoms with E-state index < -0.39 is 0 Å². The van der Waals surface area contributed by atoms with Crippen molar-refractivity contribution in [2.75, 3.05) is 19.6 Å². The summed E-state index contributed by atoms with van der Waals surface area (Å²) < 4.78 is 0.892. The number of carbonyl (C=O) groups is 1. The molecular weight excluding hydrogens is 288 g/mol. The number of hydrogen-bond donors (Lipinski definition) is 1. The van der Waals surface area contributed by atoms with E-state index in [1.807, 2.05) is 16.3 Å². The van der Waals surface area contributed by atoms with E-state index >= 15 is 0 Å². The Labute approximate surface area is 108 Å². The molecule has 0 aromatic carbocycles. The van der Waals surface area contributed by atoms with Crippen LogP contribution in [-0.2, 0) is 0 Å². The number of nitrogens with two attached hydrogens (primary N) is 1. The summed E-state index contributed by atoms with van der Waals surface area (Å²) in [4.78, 5) is 14.9. The molecule has 5 heteroatoms. The molecule has 0 radical (unpaired) electrons. The van der Waals surface area contributed by atoms with Crippen LogP contribution in [0.3, 0.4) is 0 Å². The second-order valence-electron chi connectivity index (χ2n) is 4.59. The van der Waals surface area contributed by atoms with Crippen molar-refractivity contribution in [3.8, 4) is 0 Å². The van der Waals surface area contributed by atoms with Crippen molar-refractivity contribution in [2.24, 2.45) is 11.1 Å². The van der Waals surface area contributed by atoms with E-state index in [9.17, 15) is 4.79 Å². The highest BCUT2D eigenvalue weighted by Crippen LogP contribution is 2.32. The fourth-order valence-electron chi connectivity index (χ4n) is 1.95. The van der Waals surface area contributed by atoms with Gasteiger partial charge in [-0.3, -0.25) is 4.79 Å². The van der Waals surface area contributed by atoms with E-state index in [0.29, 0.717) is 6.54 Å². The predicted octanol–water partition coefficient (Wildman–Crippen LogP) is 2.32. The maximum Gasteiger partial charge on any atom is 0.265 e. The number of hydrogen-bond acceptors (Lipinski definition) is 3. The number of carbonyl (C=O) groups excluding carboxylic acids is 1. The van der Waals surface area contributed by atoms with Crippen molar-refractivity contribution in [3.63, 3.8) is 0 Å². The van der Waals surface area contributed by atoms with Crippen LogP contribution in [0.5, 0.6) is 0 Å². The van der Waals surface area contributed by atoms with Gasteiger partial charge in [0.05, 0.1) is 0 Å². The second-order valence-corrected chi connectivity index (χ2v) is 6.36. The smallest absolute Gasteiger partial charge is 0.265 e. The van der Waals surface area contributed by atoms with Crippen LogP contribution >= 0.6 is 27.3 Å². The van der Waals surface area contributed by atoms with Crippen molar-refractivity contribution in [1.82, 2.24) is 4.90 Å². The van der Waals surface area contributed by atoms with Gasteiger partial charge in [-0.25, -0.2) is 0 Å². The van der Waals surface area contributed by atoms with Crippen molar-refractivity contribution >= 4 is 33.2 Å². The van der Waals surface area contributed by atoms with Gasteiger partial charge in [0.2, 0.25) is 0 Å². The van der Waals surface area contributed by atoms with Crippen molar-refractivity contribution in [3.05, 3.63) is 20.8 Å². The highest BCUT2D eigenvalue weighted by Gasteiger charge is 2.35. The van der Waals surface area contributed by atoms with Crippen LogP contribution < -0.4 is 5.73 Å². The lowest BCUT2D eigenvalue weighted by atomic mass is 9.90. The lowest BCUT2D eigenvalue weighted by Crippen LogP contribution is -2.34. The molecule has 1 aliphatic heterocycles. The minimum absolute atomic E-state index is 0.0966.